The van der Waals surface area contributed by atoms with E-state index in [9.17, 15) is 76.3 Å². The Morgan fingerprint density at radius 1 is 0.582 bits per heavy atom. The molecule has 4 aliphatic carbocycles. The van der Waals surface area contributed by atoms with Crippen molar-refractivity contribution < 1.29 is 114 Å². The summed E-state index contributed by atoms with van der Waals surface area (Å²) < 4.78 is 47.6. The Bertz CT molecular complexity index is 1740. The molecule has 8 rings (SSSR count). The lowest BCUT2D eigenvalue weighted by atomic mass is 9.41. The molecule has 14 N–H and O–H groups in total. The quantitative estimate of drug-likeness (QED) is 0.0494. The molecule has 1 spiro atoms. The van der Waals surface area contributed by atoms with Crippen LogP contribution in [0.1, 0.15) is 65.2 Å². The predicted molar refractivity (Wildman–Crippen MR) is 219 cm³/mol. The number of carbonyl (C=O) groups excluding carboxylic acids is 1. The van der Waals surface area contributed by atoms with Crippen LogP contribution < -0.4 is 0 Å². The van der Waals surface area contributed by atoms with Crippen molar-refractivity contribution in [2.24, 2.45) is 34.0 Å². The van der Waals surface area contributed by atoms with Crippen LogP contribution in [0, 0.1) is 34.0 Å². The first-order chi connectivity index (χ1) is 31.7. The van der Waals surface area contributed by atoms with Crippen LogP contribution >= 0.6 is 0 Å². The second-order valence-corrected chi connectivity index (χ2v) is 20.8. The Labute approximate surface area is 386 Å². The Balaban J connectivity index is 1.03. The first-order valence-corrected chi connectivity index (χ1v) is 23.4. The van der Waals surface area contributed by atoms with E-state index in [2.05, 4.69) is 13.5 Å². The zero-order chi connectivity index (χ0) is 48.7. The van der Waals surface area contributed by atoms with E-state index in [-0.39, 0.29) is 23.2 Å². The first-order valence-electron chi connectivity index (χ1n) is 23.4. The fourth-order valence-electron chi connectivity index (χ4n) is 13.4. The van der Waals surface area contributed by atoms with Gasteiger partial charge in [0.05, 0.1) is 37.9 Å². The van der Waals surface area contributed by atoms with Crippen LogP contribution in [0.25, 0.3) is 0 Å². The SMILES string of the molecule is C=C1C[C@@]23CCC4[C@](C)(C(=O)OC5OC(CO)C(O)C(O)C5OC5OC(CO)C(O)C(O)C5O)CCC[C@@]4(C)[C@@H]2CC(OC2OC(CO)C(O)C(O)C2OC2OC(CO)C(O)C(O)C2O)C1C3. The molecule has 27 atom stereocenters. The van der Waals surface area contributed by atoms with E-state index >= 15 is 0 Å². The van der Waals surface area contributed by atoms with Gasteiger partial charge in [-0.3, -0.25) is 4.79 Å². The van der Waals surface area contributed by atoms with Crippen LogP contribution in [0.5, 0.6) is 0 Å². The molecule has 4 saturated carbocycles. The fourth-order valence-corrected chi connectivity index (χ4v) is 13.4. The fraction of sp³-hybridized carbons (Fsp3) is 0.932. The van der Waals surface area contributed by atoms with Crippen molar-refractivity contribution in [3.63, 3.8) is 0 Å². The van der Waals surface area contributed by atoms with Gasteiger partial charge in [0.1, 0.15) is 91.6 Å². The molecule has 23 nitrogen and oxygen atoms in total. The minimum absolute atomic E-state index is 0.104. The summed E-state index contributed by atoms with van der Waals surface area (Å²) in [6.07, 6.45) is -29.5. The highest BCUT2D eigenvalue weighted by molar-refractivity contribution is 5.77. The van der Waals surface area contributed by atoms with E-state index in [1.807, 2.05) is 0 Å². The summed E-state index contributed by atoms with van der Waals surface area (Å²) in [6.45, 7) is 5.36. The lowest BCUT2D eigenvalue weighted by Gasteiger charge is -2.64. The number of fused-ring (bicyclic) bond motifs is 3. The van der Waals surface area contributed by atoms with Crippen LogP contribution in [-0.2, 0) is 42.7 Å². The number of hydrogen-bond acceptors (Lipinski definition) is 23. The predicted octanol–water partition coefficient (Wildman–Crippen LogP) is -5.26. The Morgan fingerprint density at radius 3 is 1.55 bits per heavy atom. The molecule has 23 heteroatoms. The summed E-state index contributed by atoms with van der Waals surface area (Å²) in [6, 6.07) is 0. The third-order valence-electron chi connectivity index (χ3n) is 17.0. The highest BCUT2D eigenvalue weighted by Crippen LogP contribution is 2.72. The van der Waals surface area contributed by atoms with Gasteiger partial charge in [-0.15, -0.1) is 0 Å². The van der Waals surface area contributed by atoms with Crippen molar-refractivity contribution in [2.45, 2.75) is 194 Å². The molecule has 4 saturated heterocycles. The van der Waals surface area contributed by atoms with Crippen LogP contribution in [0.4, 0.5) is 0 Å². The highest BCUT2D eigenvalue weighted by Gasteiger charge is 2.68. The molecular weight excluding hydrogens is 896 g/mol. The molecule has 8 aliphatic rings. The van der Waals surface area contributed by atoms with Crippen molar-refractivity contribution in [3.8, 4) is 0 Å². The molecule has 4 heterocycles. The first kappa shape index (κ1) is 51.7. The summed E-state index contributed by atoms with van der Waals surface area (Å²) in [5.74, 6) is -1.34. The molecule has 0 aromatic rings. The summed E-state index contributed by atoms with van der Waals surface area (Å²) >= 11 is 0. The van der Waals surface area contributed by atoms with Crippen molar-refractivity contribution in [1.29, 1.82) is 0 Å². The van der Waals surface area contributed by atoms with Gasteiger partial charge in [0, 0.05) is 5.92 Å². The second kappa shape index (κ2) is 19.8. The molecule has 0 aromatic heterocycles. The zero-order valence-electron chi connectivity index (χ0n) is 37.5. The van der Waals surface area contributed by atoms with E-state index in [0.29, 0.717) is 51.4 Å². The zero-order valence-corrected chi connectivity index (χ0v) is 37.5. The number of rotatable bonds is 12. The lowest BCUT2D eigenvalue weighted by molar-refractivity contribution is -0.374. The van der Waals surface area contributed by atoms with Crippen molar-refractivity contribution in [1.82, 2.24) is 0 Å². The van der Waals surface area contributed by atoms with E-state index < -0.39 is 172 Å². The van der Waals surface area contributed by atoms with E-state index in [0.717, 1.165) is 5.57 Å². The second-order valence-electron chi connectivity index (χ2n) is 20.8. The molecule has 67 heavy (non-hydrogen) atoms. The summed E-state index contributed by atoms with van der Waals surface area (Å²) in [5.41, 5.74) is -1.04. The van der Waals surface area contributed by atoms with Crippen LogP contribution in [0.2, 0.25) is 0 Å². The molecule has 8 fully saturated rings. The average molecular weight is 967 g/mol. The molecule has 0 amide bonds. The minimum Gasteiger partial charge on any atom is -0.432 e. The van der Waals surface area contributed by atoms with E-state index in [1.165, 1.54) is 0 Å². The standard InChI is InChI=1S/C44H70O23/c1-16-10-44-8-5-23-42(2,6-4-7-43(23,3)41(59)67-40-36(32(56)28(52)22(15-48)64-40)66-38-34(58)30(54)26(50)20(13-46)62-38)24(44)9-18(17(16)11-44)60-39-35(31(55)27(51)21(14-47)63-39)65-37-33(57)29(53)25(49)19(12-45)61-37/h17-40,45-58H,1,4-15H2,2-3H3/t17?,18?,19?,20?,21?,22?,23?,24-,25?,26?,27?,28?,29?,30?,31?,32?,33?,34?,35?,36?,37?,38?,39?,40?,42+,43+,44+/m0/s1. The molecular formula is C44H70O23. The lowest BCUT2D eigenvalue weighted by Crippen LogP contribution is -2.65. The smallest absolute Gasteiger partial charge is 0.314 e. The molecule has 2 bridgehead atoms. The molecule has 4 aliphatic heterocycles. The summed E-state index contributed by atoms with van der Waals surface area (Å²) in [5, 5.41) is 147. The van der Waals surface area contributed by atoms with Gasteiger partial charge in [0.15, 0.2) is 25.0 Å². The number of carbonyl (C=O) groups is 1. The summed E-state index contributed by atoms with van der Waals surface area (Å²) in [4.78, 5) is 14.8. The van der Waals surface area contributed by atoms with Gasteiger partial charge in [-0.05, 0) is 74.5 Å². The third-order valence-corrected chi connectivity index (χ3v) is 17.0. The number of aliphatic hydroxyl groups is 14. The molecule has 0 radical (unpaired) electrons. The Hall–Kier alpha value is -1.63. The van der Waals surface area contributed by atoms with Crippen LogP contribution in [0.15, 0.2) is 12.2 Å². The maximum Gasteiger partial charge on any atom is 0.314 e. The Morgan fingerprint density at radius 2 is 1.04 bits per heavy atom. The van der Waals surface area contributed by atoms with Crippen molar-refractivity contribution in [2.75, 3.05) is 26.4 Å². The number of aliphatic hydroxyl groups excluding tert-OH is 14. The van der Waals surface area contributed by atoms with Crippen molar-refractivity contribution >= 4 is 5.97 Å². The van der Waals surface area contributed by atoms with Gasteiger partial charge in [0.25, 0.3) is 0 Å². The number of ether oxygens (including phenoxy) is 8. The average Bonchev–Trinajstić information content (AvgIpc) is 3.58. The number of hydrogen-bond donors (Lipinski definition) is 14. The van der Waals surface area contributed by atoms with Gasteiger partial charge < -0.3 is 109 Å². The normalized spacial score (nSPS) is 54.5. The largest absolute Gasteiger partial charge is 0.432 e. The minimum atomic E-state index is -1.91. The molecule has 0 aromatic carbocycles. The van der Waals surface area contributed by atoms with E-state index in [1.54, 1.807) is 6.92 Å². The van der Waals surface area contributed by atoms with Gasteiger partial charge in [0.2, 0.25) is 6.29 Å². The third kappa shape index (κ3) is 8.83. The maximum atomic E-state index is 14.8. The topological polar surface area (TPSA) is 374 Å². The molecule has 384 valence electrons. The molecule has 23 unspecified atom stereocenters. The monoisotopic (exact) mass is 966 g/mol. The maximum absolute atomic E-state index is 14.8. The highest BCUT2D eigenvalue weighted by atomic mass is 16.8. The Kier molecular flexibility index (Phi) is 15.3. The van der Waals surface area contributed by atoms with Gasteiger partial charge >= 0.3 is 5.97 Å². The summed E-state index contributed by atoms with van der Waals surface area (Å²) in [7, 11) is 0. The van der Waals surface area contributed by atoms with Gasteiger partial charge in [-0.1, -0.05) is 25.5 Å². The van der Waals surface area contributed by atoms with Gasteiger partial charge in [-0.2, -0.15) is 0 Å². The van der Waals surface area contributed by atoms with Crippen molar-refractivity contribution in [3.05, 3.63) is 12.2 Å². The van der Waals surface area contributed by atoms with Crippen LogP contribution in [-0.4, -0.2) is 233 Å². The number of esters is 1. The van der Waals surface area contributed by atoms with Gasteiger partial charge in [-0.25, -0.2) is 0 Å². The van der Waals surface area contributed by atoms with Crippen LogP contribution in [0.3, 0.4) is 0 Å². The van der Waals surface area contributed by atoms with E-state index in [4.69, 9.17) is 37.9 Å².